The zero-order valence-corrected chi connectivity index (χ0v) is 11.7. The fraction of sp³-hybridized carbons (Fsp3) is 0.267. The fourth-order valence-corrected chi connectivity index (χ4v) is 2.79. The number of hydrogen-bond acceptors (Lipinski definition) is 4. The number of fused-ring (bicyclic) bond motifs is 3. The average Bonchev–Trinajstić information content (AvgIpc) is 2.58. The van der Waals surface area contributed by atoms with Crippen LogP contribution < -0.4 is 16.6 Å². The maximum Gasteiger partial charge on any atom is 0.256 e. The van der Waals surface area contributed by atoms with Crippen molar-refractivity contribution in [2.24, 2.45) is 0 Å². The normalized spacial score (nSPS) is 13.0. The molecule has 1 amide bonds. The first-order chi connectivity index (χ1) is 10.1. The standard InChI is InChI=1S/C15H16N4O2/c1-8(20)17-11-7-3-5-9-4-2-6-10-13(12(9)11)18-15(16)19-14(10)21/h3,5,7H,2,4,6H2,1H3,(H,17,20)(H3,16,18,19,21). The van der Waals surface area contributed by atoms with Crippen LogP contribution in [0.3, 0.4) is 0 Å². The Morgan fingerprint density at radius 1 is 1.38 bits per heavy atom. The number of nitrogens with one attached hydrogen (secondary N) is 2. The third-order valence-electron chi connectivity index (χ3n) is 3.60. The van der Waals surface area contributed by atoms with E-state index in [0.717, 1.165) is 24.0 Å². The maximum absolute atomic E-state index is 12.1. The van der Waals surface area contributed by atoms with Gasteiger partial charge < -0.3 is 11.1 Å². The Morgan fingerprint density at radius 2 is 2.19 bits per heavy atom. The number of amides is 1. The monoisotopic (exact) mass is 284 g/mol. The van der Waals surface area contributed by atoms with Gasteiger partial charge in [0.2, 0.25) is 11.9 Å². The van der Waals surface area contributed by atoms with Gasteiger partial charge in [-0.2, -0.15) is 0 Å². The second-order valence-corrected chi connectivity index (χ2v) is 5.15. The SMILES string of the molecule is CC(=O)Nc1cccc2c1-c1nc(N)[nH]c(=O)c1CCC2. The van der Waals surface area contributed by atoms with Gasteiger partial charge in [-0.15, -0.1) is 0 Å². The molecule has 21 heavy (non-hydrogen) atoms. The van der Waals surface area contributed by atoms with Crippen LogP contribution in [0.2, 0.25) is 0 Å². The summed E-state index contributed by atoms with van der Waals surface area (Å²) in [6.07, 6.45) is 2.34. The number of aromatic amines is 1. The van der Waals surface area contributed by atoms with Gasteiger partial charge in [0.25, 0.3) is 5.56 Å². The van der Waals surface area contributed by atoms with Crippen LogP contribution in [0.1, 0.15) is 24.5 Å². The Labute approximate surface area is 121 Å². The van der Waals surface area contributed by atoms with Crippen LogP contribution in [-0.2, 0) is 17.6 Å². The first-order valence-electron chi connectivity index (χ1n) is 6.85. The molecule has 0 saturated heterocycles. The third kappa shape index (κ3) is 2.40. The number of carbonyl (C=O) groups is 1. The van der Waals surface area contributed by atoms with Crippen molar-refractivity contribution < 1.29 is 4.79 Å². The zero-order chi connectivity index (χ0) is 15.0. The molecule has 2 aromatic rings. The molecule has 0 aliphatic heterocycles. The van der Waals surface area contributed by atoms with Gasteiger partial charge in [0.15, 0.2) is 0 Å². The van der Waals surface area contributed by atoms with E-state index in [0.29, 0.717) is 23.4 Å². The molecule has 1 heterocycles. The van der Waals surface area contributed by atoms with Crippen LogP contribution in [0, 0.1) is 0 Å². The minimum absolute atomic E-state index is 0.0872. The smallest absolute Gasteiger partial charge is 0.256 e. The summed E-state index contributed by atoms with van der Waals surface area (Å²) in [5.74, 6) is -0.0729. The van der Waals surface area contributed by atoms with Crippen molar-refractivity contribution in [1.29, 1.82) is 0 Å². The molecule has 108 valence electrons. The Bertz CT molecular complexity index is 780. The van der Waals surface area contributed by atoms with E-state index in [9.17, 15) is 9.59 Å². The molecule has 0 radical (unpaired) electrons. The van der Waals surface area contributed by atoms with Gasteiger partial charge in [-0.1, -0.05) is 12.1 Å². The van der Waals surface area contributed by atoms with Crippen LogP contribution in [0.15, 0.2) is 23.0 Å². The van der Waals surface area contributed by atoms with Crippen LogP contribution in [-0.4, -0.2) is 15.9 Å². The second-order valence-electron chi connectivity index (χ2n) is 5.15. The number of nitrogens with zero attached hydrogens (tertiary/aromatic N) is 1. The molecule has 0 saturated carbocycles. The second kappa shape index (κ2) is 5.05. The fourth-order valence-electron chi connectivity index (χ4n) is 2.79. The number of rotatable bonds is 1. The summed E-state index contributed by atoms with van der Waals surface area (Å²) in [6, 6.07) is 5.70. The quantitative estimate of drug-likeness (QED) is 0.738. The number of nitrogen functional groups attached to an aromatic ring is 1. The number of aromatic nitrogens is 2. The Balaban J connectivity index is 2.32. The highest BCUT2D eigenvalue weighted by Gasteiger charge is 2.22. The predicted octanol–water partition coefficient (Wildman–Crippen LogP) is 1.47. The van der Waals surface area contributed by atoms with Crippen molar-refractivity contribution in [3.8, 4) is 11.3 Å². The molecule has 1 aliphatic rings. The number of nitrogens with two attached hydrogens (primary N) is 1. The summed E-state index contributed by atoms with van der Waals surface area (Å²) in [4.78, 5) is 30.4. The predicted molar refractivity (Wildman–Crippen MR) is 81.0 cm³/mol. The molecule has 1 aromatic carbocycles. The van der Waals surface area contributed by atoms with Gasteiger partial charge in [-0.05, 0) is 30.9 Å². The van der Waals surface area contributed by atoms with Crippen molar-refractivity contribution >= 4 is 17.5 Å². The highest BCUT2D eigenvalue weighted by molar-refractivity contribution is 5.95. The summed E-state index contributed by atoms with van der Waals surface area (Å²) in [6.45, 7) is 1.45. The number of aryl methyl sites for hydroxylation is 1. The van der Waals surface area contributed by atoms with Crippen LogP contribution >= 0.6 is 0 Å². The number of anilines is 2. The third-order valence-corrected chi connectivity index (χ3v) is 3.60. The van der Waals surface area contributed by atoms with E-state index in [1.165, 1.54) is 6.92 Å². The van der Waals surface area contributed by atoms with Gasteiger partial charge in [-0.3, -0.25) is 14.6 Å². The first-order valence-corrected chi connectivity index (χ1v) is 6.85. The lowest BCUT2D eigenvalue weighted by atomic mass is 9.99. The lowest BCUT2D eigenvalue weighted by Gasteiger charge is -2.14. The highest BCUT2D eigenvalue weighted by Crippen LogP contribution is 2.35. The maximum atomic E-state index is 12.1. The highest BCUT2D eigenvalue weighted by atomic mass is 16.1. The van der Waals surface area contributed by atoms with Crippen molar-refractivity contribution in [2.45, 2.75) is 26.2 Å². The van der Waals surface area contributed by atoms with Crippen molar-refractivity contribution in [1.82, 2.24) is 9.97 Å². The molecule has 0 bridgehead atoms. The van der Waals surface area contributed by atoms with E-state index < -0.39 is 0 Å². The molecule has 1 aromatic heterocycles. The lowest BCUT2D eigenvalue weighted by Crippen LogP contribution is -2.18. The molecule has 3 rings (SSSR count). The van der Waals surface area contributed by atoms with Crippen LogP contribution in [0.25, 0.3) is 11.3 Å². The summed E-state index contributed by atoms with van der Waals surface area (Å²) >= 11 is 0. The van der Waals surface area contributed by atoms with Gasteiger partial charge >= 0.3 is 0 Å². The molecular weight excluding hydrogens is 268 g/mol. The van der Waals surface area contributed by atoms with E-state index in [4.69, 9.17) is 5.73 Å². The van der Waals surface area contributed by atoms with E-state index >= 15 is 0 Å². The molecule has 0 spiro atoms. The summed E-state index contributed by atoms with van der Waals surface area (Å²) < 4.78 is 0. The molecule has 6 heteroatoms. The Morgan fingerprint density at radius 3 is 2.95 bits per heavy atom. The minimum Gasteiger partial charge on any atom is -0.369 e. The van der Waals surface area contributed by atoms with E-state index in [2.05, 4.69) is 15.3 Å². The molecule has 6 nitrogen and oxygen atoms in total. The summed E-state index contributed by atoms with van der Waals surface area (Å²) in [7, 11) is 0. The molecule has 1 aliphatic carbocycles. The summed E-state index contributed by atoms with van der Waals surface area (Å²) in [5, 5.41) is 2.81. The van der Waals surface area contributed by atoms with Crippen molar-refractivity contribution in [3.05, 3.63) is 39.7 Å². The zero-order valence-electron chi connectivity index (χ0n) is 11.7. The molecule has 0 unspecified atom stereocenters. The summed E-state index contributed by atoms with van der Waals surface area (Å²) in [5.41, 5.74) is 9.22. The number of H-pyrrole nitrogens is 1. The molecule has 4 N–H and O–H groups in total. The van der Waals surface area contributed by atoms with E-state index in [-0.39, 0.29) is 17.4 Å². The molecule has 0 fully saturated rings. The van der Waals surface area contributed by atoms with E-state index in [1.54, 1.807) is 0 Å². The first kappa shape index (κ1) is 13.4. The number of carbonyl (C=O) groups excluding carboxylic acids is 1. The van der Waals surface area contributed by atoms with Crippen LogP contribution in [0.5, 0.6) is 0 Å². The minimum atomic E-state index is -0.206. The Kier molecular flexibility index (Phi) is 3.21. The molecular formula is C15H16N4O2. The average molecular weight is 284 g/mol. The van der Waals surface area contributed by atoms with Gasteiger partial charge in [0, 0.05) is 18.1 Å². The lowest BCUT2D eigenvalue weighted by molar-refractivity contribution is -0.114. The number of benzene rings is 1. The molecule has 0 atom stereocenters. The van der Waals surface area contributed by atoms with Crippen LogP contribution in [0.4, 0.5) is 11.6 Å². The van der Waals surface area contributed by atoms with E-state index in [1.807, 2.05) is 18.2 Å². The largest absolute Gasteiger partial charge is 0.369 e. The van der Waals surface area contributed by atoms with Gasteiger partial charge in [0.05, 0.1) is 11.4 Å². The van der Waals surface area contributed by atoms with Gasteiger partial charge in [-0.25, -0.2) is 4.98 Å². The van der Waals surface area contributed by atoms with Gasteiger partial charge in [0.1, 0.15) is 0 Å². The van der Waals surface area contributed by atoms with Crippen molar-refractivity contribution in [3.63, 3.8) is 0 Å². The van der Waals surface area contributed by atoms with Crippen molar-refractivity contribution in [2.75, 3.05) is 11.1 Å². The number of hydrogen-bond donors (Lipinski definition) is 3. The topological polar surface area (TPSA) is 101 Å². The Hall–Kier alpha value is -2.63.